The minimum Gasteiger partial charge on any atom is -0.494 e. The molecule has 0 radical (unpaired) electrons. The van der Waals surface area contributed by atoms with E-state index in [2.05, 4.69) is 9.78 Å². The van der Waals surface area contributed by atoms with Crippen molar-refractivity contribution in [1.29, 1.82) is 0 Å². The summed E-state index contributed by atoms with van der Waals surface area (Å²) in [6, 6.07) is 0.957. The van der Waals surface area contributed by atoms with Gasteiger partial charge in [0.05, 0.1) is 6.07 Å². The second-order valence-corrected chi connectivity index (χ2v) is 1.80. The summed E-state index contributed by atoms with van der Waals surface area (Å²) in [6.07, 6.45) is -1.66. The van der Waals surface area contributed by atoms with E-state index in [1.54, 1.807) is 0 Å². The molecule has 7 heteroatoms. The Morgan fingerprint density at radius 3 is 2.58 bits per heavy atom. The number of aromatic nitrogens is 1. The Balaban J connectivity index is 2.62. The number of rotatable bonds is 2. The van der Waals surface area contributed by atoms with Crippen LogP contribution in [0.15, 0.2) is 6.07 Å². The van der Waals surface area contributed by atoms with Crippen LogP contribution in [0.5, 0.6) is 17.5 Å². The molecule has 0 saturated heterocycles. The van der Waals surface area contributed by atoms with Gasteiger partial charge < -0.3 is 15.3 Å². The van der Waals surface area contributed by atoms with Gasteiger partial charge in [-0.1, -0.05) is 0 Å². The maximum Gasteiger partial charge on any atom is 0.547 e. The second-order valence-electron chi connectivity index (χ2n) is 1.80. The molecule has 0 fully saturated rings. The number of hydrogen-bond acceptors (Lipinski definition) is 5. The van der Waals surface area contributed by atoms with Crippen molar-refractivity contribution in [3.05, 3.63) is 6.07 Å². The summed E-state index contributed by atoms with van der Waals surface area (Å²) >= 11 is 0. The van der Waals surface area contributed by atoms with Crippen LogP contribution in [0, 0.1) is 0 Å². The van der Waals surface area contributed by atoms with E-state index >= 15 is 0 Å². The third-order valence-corrected chi connectivity index (χ3v) is 0.950. The van der Waals surface area contributed by atoms with Gasteiger partial charge in [0, 0.05) is 0 Å². The Bertz CT molecular complexity index is 292. The first-order valence-corrected chi connectivity index (χ1v) is 2.78. The molecule has 66 valence electrons. The predicted octanol–water partition coefficient (Wildman–Crippen LogP) is 0.414. The lowest BCUT2D eigenvalue weighted by Gasteiger charge is -1.96. The van der Waals surface area contributed by atoms with Crippen molar-refractivity contribution in [1.82, 2.24) is 4.98 Å². The smallest absolute Gasteiger partial charge is 0.494 e. The molecule has 0 aromatic carbocycles. The lowest BCUT2D eigenvalue weighted by atomic mass is 10.6. The molecule has 0 spiro atoms. The molecule has 12 heavy (non-hydrogen) atoms. The first kappa shape index (κ1) is 8.05. The van der Waals surface area contributed by atoms with E-state index in [9.17, 15) is 4.79 Å². The standard InChI is InChI=1S/C5H5NO6/c7-3-1-2(4(8)6-3)11-12-5(9)10/h1,6-8H,(H,9,10). The van der Waals surface area contributed by atoms with Crippen LogP contribution in [0.3, 0.4) is 0 Å². The fourth-order valence-electron chi connectivity index (χ4n) is 0.556. The number of H-pyrrole nitrogens is 1. The van der Waals surface area contributed by atoms with Crippen LogP contribution in [-0.2, 0) is 4.89 Å². The van der Waals surface area contributed by atoms with Gasteiger partial charge in [0.1, 0.15) is 0 Å². The van der Waals surface area contributed by atoms with Crippen molar-refractivity contribution in [3.63, 3.8) is 0 Å². The van der Waals surface area contributed by atoms with Crippen molar-refractivity contribution in [2.45, 2.75) is 0 Å². The zero-order valence-corrected chi connectivity index (χ0v) is 5.64. The van der Waals surface area contributed by atoms with Crippen molar-refractivity contribution < 1.29 is 29.9 Å². The average Bonchev–Trinajstić information content (AvgIpc) is 2.26. The van der Waals surface area contributed by atoms with Crippen molar-refractivity contribution in [2.75, 3.05) is 0 Å². The monoisotopic (exact) mass is 175 g/mol. The third-order valence-electron chi connectivity index (χ3n) is 0.950. The van der Waals surface area contributed by atoms with Gasteiger partial charge in [0.2, 0.25) is 11.6 Å². The van der Waals surface area contributed by atoms with Crippen LogP contribution in [0.2, 0.25) is 0 Å². The fourth-order valence-corrected chi connectivity index (χ4v) is 0.556. The lowest BCUT2D eigenvalue weighted by Crippen LogP contribution is -2.03. The van der Waals surface area contributed by atoms with Gasteiger partial charge in [-0.25, -0.2) is 9.68 Å². The molecule has 1 aromatic heterocycles. The van der Waals surface area contributed by atoms with Gasteiger partial charge in [0.15, 0.2) is 5.88 Å². The van der Waals surface area contributed by atoms with Gasteiger partial charge in [-0.2, -0.15) is 0 Å². The van der Waals surface area contributed by atoms with Gasteiger partial charge in [-0.15, -0.1) is 0 Å². The van der Waals surface area contributed by atoms with Crippen molar-refractivity contribution in [2.24, 2.45) is 0 Å². The molecule has 1 rings (SSSR count). The minimum absolute atomic E-state index is 0.310. The van der Waals surface area contributed by atoms with E-state index in [4.69, 9.17) is 15.3 Å². The molecule has 1 heterocycles. The van der Waals surface area contributed by atoms with E-state index in [1.807, 2.05) is 4.98 Å². The Morgan fingerprint density at radius 2 is 2.17 bits per heavy atom. The topological polar surface area (TPSA) is 112 Å². The van der Waals surface area contributed by atoms with Crippen LogP contribution in [0.4, 0.5) is 4.79 Å². The zero-order chi connectivity index (χ0) is 9.14. The maximum atomic E-state index is 9.79. The minimum atomic E-state index is -1.66. The molecular formula is C5H5NO6. The summed E-state index contributed by atoms with van der Waals surface area (Å²) < 4.78 is 0. The van der Waals surface area contributed by atoms with Crippen LogP contribution >= 0.6 is 0 Å². The van der Waals surface area contributed by atoms with E-state index < -0.39 is 12.0 Å². The highest BCUT2D eigenvalue weighted by Crippen LogP contribution is 2.29. The lowest BCUT2D eigenvalue weighted by molar-refractivity contribution is -0.162. The Kier molecular flexibility index (Phi) is 1.95. The van der Waals surface area contributed by atoms with Crippen LogP contribution in [0.25, 0.3) is 0 Å². The number of carbonyl (C=O) groups is 1. The first-order chi connectivity index (χ1) is 5.59. The molecule has 7 nitrogen and oxygen atoms in total. The molecule has 0 atom stereocenters. The number of aromatic hydroxyl groups is 2. The molecule has 4 N–H and O–H groups in total. The highest BCUT2D eigenvalue weighted by molar-refractivity contribution is 5.56. The van der Waals surface area contributed by atoms with Crippen LogP contribution in [-0.4, -0.2) is 26.5 Å². The van der Waals surface area contributed by atoms with Gasteiger partial charge in [-0.3, -0.25) is 9.87 Å². The number of carboxylic acid groups (broad SMARTS) is 1. The molecule has 0 aliphatic heterocycles. The molecule has 0 aliphatic carbocycles. The summed E-state index contributed by atoms with van der Waals surface area (Å²) in [6.45, 7) is 0. The van der Waals surface area contributed by atoms with Crippen LogP contribution in [0.1, 0.15) is 0 Å². The number of nitrogens with one attached hydrogen (secondary N) is 1. The normalized spacial score (nSPS) is 9.33. The van der Waals surface area contributed by atoms with E-state index in [0.717, 1.165) is 6.07 Å². The molecular weight excluding hydrogens is 170 g/mol. The van der Waals surface area contributed by atoms with E-state index in [-0.39, 0.29) is 11.6 Å². The Hall–Kier alpha value is -2.05. The maximum absolute atomic E-state index is 9.79. The quantitative estimate of drug-likeness (QED) is 0.382. The largest absolute Gasteiger partial charge is 0.547 e. The number of aromatic amines is 1. The molecule has 1 aromatic rings. The summed E-state index contributed by atoms with van der Waals surface area (Å²) in [5, 5.41) is 25.5. The SMILES string of the molecule is O=C(O)OOc1cc(O)[nH]c1O. The summed E-state index contributed by atoms with van der Waals surface area (Å²) in [4.78, 5) is 19.6. The molecule has 0 bridgehead atoms. The highest BCUT2D eigenvalue weighted by Gasteiger charge is 2.10. The summed E-state index contributed by atoms with van der Waals surface area (Å²) in [5.41, 5.74) is 0. The summed E-state index contributed by atoms with van der Waals surface area (Å²) in [5.74, 6) is -1.19. The molecule has 0 aliphatic rings. The summed E-state index contributed by atoms with van der Waals surface area (Å²) in [7, 11) is 0. The van der Waals surface area contributed by atoms with E-state index in [1.165, 1.54) is 0 Å². The Morgan fingerprint density at radius 1 is 1.50 bits per heavy atom. The fraction of sp³-hybridized carbons (Fsp3) is 0. The number of hydrogen-bond donors (Lipinski definition) is 4. The van der Waals surface area contributed by atoms with Gasteiger partial charge in [-0.05, 0) is 0 Å². The highest BCUT2D eigenvalue weighted by atomic mass is 17.2. The Labute approximate surface area is 65.7 Å². The van der Waals surface area contributed by atoms with E-state index in [0.29, 0.717) is 0 Å². The second kappa shape index (κ2) is 2.91. The van der Waals surface area contributed by atoms with Gasteiger partial charge in [0.25, 0.3) is 0 Å². The van der Waals surface area contributed by atoms with Crippen molar-refractivity contribution in [3.8, 4) is 17.5 Å². The molecule has 0 amide bonds. The third kappa shape index (κ3) is 1.72. The average molecular weight is 175 g/mol. The van der Waals surface area contributed by atoms with Gasteiger partial charge >= 0.3 is 6.16 Å². The predicted molar refractivity (Wildman–Crippen MR) is 33.9 cm³/mol. The molecule has 0 unspecified atom stereocenters. The van der Waals surface area contributed by atoms with Crippen molar-refractivity contribution >= 4 is 6.16 Å². The first-order valence-electron chi connectivity index (χ1n) is 2.78. The molecule has 0 saturated carbocycles. The zero-order valence-electron chi connectivity index (χ0n) is 5.64. The van der Waals surface area contributed by atoms with Crippen LogP contribution < -0.4 is 4.89 Å².